The third-order valence-corrected chi connectivity index (χ3v) is 2.15. The van der Waals surface area contributed by atoms with Crippen LogP contribution >= 0.6 is 0 Å². The Hall–Kier alpha value is -2.04. The van der Waals surface area contributed by atoms with Gasteiger partial charge in [0.25, 0.3) is 5.91 Å². The third kappa shape index (κ3) is 4.14. The van der Waals surface area contributed by atoms with Crippen LogP contribution in [0.4, 0.5) is 10.5 Å². The van der Waals surface area contributed by atoms with Crippen LogP contribution in [0, 0.1) is 0 Å². The third-order valence-electron chi connectivity index (χ3n) is 2.15. The molecule has 0 unspecified atom stereocenters. The van der Waals surface area contributed by atoms with E-state index in [0.717, 1.165) is 6.42 Å². The van der Waals surface area contributed by atoms with Crippen molar-refractivity contribution in [1.29, 1.82) is 0 Å². The SMILES string of the molecule is CCCNC(=O)Nc1cccc(C(=O)NC)c1. The summed E-state index contributed by atoms with van der Waals surface area (Å²) in [5.74, 6) is -0.178. The molecule has 0 atom stereocenters. The van der Waals surface area contributed by atoms with Gasteiger partial charge in [-0.3, -0.25) is 4.79 Å². The number of nitrogens with one attached hydrogen (secondary N) is 3. The Bertz CT molecular complexity index is 404. The first-order chi connectivity index (χ1) is 8.17. The Morgan fingerprint density at radius 1 is 1.29 bits per heavy atom. The van der Waals surface area contributed by atoms with E-state index >= 15 is 0 Å². The van der Waals surface area contributed by atoms with Gasteiger partial charge in [0.05, 0.1) is 0 Å². The van der Waals surface area contributed by atoms with Crippen molar-refractivity contribution < 1.29 is 9.59 Å². The van der Waals surface area contributed by atoms with E-state index < -0.39 is 0 Å². The summed E-state index contributed by atoms with van der Waals surface area (Å²) < 4.78 is 0. The zero-order chi connectivity index (χ0) is 12.7. The van der Waals surface area contributed by atoms with Gasteiger partial charge in [-0.1, -0.05) is 13.0 Å². The number of benzene rings is 1. The number of carbonyl (C=O) groups is 2. The smallest absolute Gasteiger partial charge is 0.319 e. The molecule has 1 aromatic rings. The standard InChI is InChI=1S/C12H17N3O2/c1-3-7-14-12(17)15-10-6-4-5-9(8-10)11(16)13-2/h4-6,8H,3,7H2,1-2H3,(H,13,16)(H2,14,15,17). The molecule has 1 aromatic carbocycles. The molecule has 3 N–H and O–H groups in total. The minimum absolute atomic E-state index is 0.178. The number of hydrogen-bond acceptors (Lipinski definition) is 2. The van der Waals surface area contributed by atoms with Crippen LogP contribution in [0.15, 0.2) is 24.3 Å². The molecule has 0 aliphatic carbocycles. The fourth-order valence-electron chi connectivity index (χ4n) is 1.30. The molecule has 0 aromatic heterocycles. The van der Waals surface area contributed by atoms with Gasteiger partial charge in [-0.15, -0.1) is 0 Å². The summed E-state index contributed by atoms with van der Waals surface area (Å²) in [6, 6.07) is 6.51. The minimum atomic E-state index is -0.263. The van der Waals surface area contributed by atoms with Gasteiger partial charge in [0.15, 0.2) is 0 Å². The van der Waals surface area contributed by atoms with Gasteiger partial charge >= 0.3 is 6.03 Å². The highest BCUT2D eigenvalue weighted by atomic mass is 16.2. The second kappa shape index (κ2) is 6.52. The Balaban J connectivity index is 2.65. The topological polar surface area (TPSA) is 70.2 Å². The predicted molar refractivity (Wildman–Crippen MR) is 67.1 cm³/mol. The lowest BCUT2D eigenvalue weighted by Crippen LogP contribution is -2.29. The Labute approximate surface area is 101 Å². The molecule has 0 fully saturated rings. The number of urea groups is 1. The molecule has 5 heteroatoms. The van der Waals surface area contributed by atoms with Crippen molar-refractivity contribution in [1.82, 2.24) is 10.6 Å². The van der Waals surface area contributed by atoms with E-state index in [9.17, 15) is 9.59 Å². The van der Waals surface area contributed by atoms with Crippen LogP contribution in [0.25, 0.3) is 0 Å². The van der Waals surface area contributed by atoms with Crippen molar-refractivity contribution in [2.24, 2.45) is 0 Å². The number of amides is 3. The van der Waals surface area contributed by atoms with E-state index in [1.165, 1.54) is 0 Å². The molecule has 0 saturated heterocycles. The Morgan fingerprint density at radius 2 is 2.06 bits per heavy atom. The van der Waals surface area contributed by atoms with Crippen molar-refractivity contribution in [2.75, 3.05) is 18.9 Å². The van der Waals surface area contributed by atoms with Crippen LogP contribution in [0.3, 0.4) is 0 Å². The van der Waals surface area contributed by atoms with E-state index in [4.69, 9.17) is 0 Å². The lowest BCUT2D eigenvalue weighted by atomic mass is 10.2. The summed E-state index contributed by atoms with van der Waals surface area (Å²) in [6.45, 7) is 2.60. The molecule has 0 saturated carbocycles. The first-order valence-corrected chi connectivity index (χ1v) is 5.54. The van der Waals surface area contributed by atoms with Gasteiger partial charge in [-0.2, -0.15) is 0 Å². The second-order valence-corrected chi connectivity index (χ2v) is 3.54. The average molecular weight is 235 g/mol. The van der Waals surface area contributed by atoms with Crippen LogP contribution in [0.2, 0.25) is 0 Å². The molecule has 1 rings (SSSR count). The van der Waals surface area contributed by atoms with Crippen molar-refractivity contribution >= 4 is 17.6 Å². The molecular weight excluding hydrogens is 218 g/mol. The monoisotopic (exact) mass is 235 g/mol. The highest BCUT2D eigenvalue weighted by molar-refractivity contribution is 5.96. The van der Waals surface area contributed by atoms with Crippen molar-refractivity contribution in [3.05, 3.63) is 29.8 Å². The highest BCUT2D eigenvalue weighted by Gasteiger charge is 2.05. The number of anilines is 1. The van der Waals surface area contributed by atoms with Crippen LogP contribution in [0.5, 0.6) is 0 Å². The average Bonchev–Trinajstić information content (AvgIpc) is 2.35. The fourth-order valence-corrected chi connectivity index (χ4v) is 1.30. The van der Waals surface area contributed by atoms with Crippen molar-refractivity contribution in [3.63, 3.8) is 0 Å². The molecule has 0 heterocycles. The van der Waals surface area contributed by atoms with Crippen LogP contribution < -0.4 is 16.0 Å². The van der Waals surface area contributed by atoms with E-state index in [-0.39, 0.29) is 11.9 Å². The fraction of sp³-hybridized carbons (Fsp3) is 0.333. The molecule has 0 spiro atoms. The van der Waals surface area contributed by atoms with Crippen LogP contribution in [0.1, 0.15) is 23.7 Å². The van der Waals surface area contributed by atoms with Gasteiger partial charge in [0.2, 0.25) is 0 Å². The van der Waals surface area contributed by atoms with Crippen molar-refractivity contribution in [3.8, 4) is 0 Å². The predicted octanol–water partition coefficient (Wildman–Crippen LogP) is 1.58. The maximum Gasteiger partial charge on any atom is 0.319 e. The molecule has 92 valence electrons. The molecule has 5 nitrogen and oxygen atoms in total. The minimum Gasteiger partial charge on any atom is -0.355 e. The van der Waals surface area contributed by atoms with E-state index in [0.29, 0.717) is 17.8 Å². The van der Waals surface area contributed by atoms with E-state index in [1.807, 2.05) is 6.92 Å². The highest BCUT2D eigenvalue weighted by Crippen LogP contribution is 2.10. The number of hydrogen-bond donors (Lipinski definition) is 3. The normalized spacial score (nSPS) is 9.53. The number of rotatable bonds is 4. The molecule has 0 aliphatic rings. The summed E-state index contributed by atoms with van der Waals surface area (Å²) in [6.07, 6.45) is 0.881. The molecular formula is C12H17N3O2. The van der Waals surface area contributed by atoms with Gasteiger partial charge in [-0.05, 0) is 24.6 Å². The zero-order valence-corrected chi connectivity index (χ0v) is 10.0. The van der Waals surface area contributed by atoms with E-state index in [1.54, 1.807) is 31.3 Å². The molecule has 0 radical (unpaired) electrons. The second-order valence-electron chi connectivity index (χ2n) is 3.54. The van der Waals surface area contributed by atoms with Gasteiger partial charge in [0.1, 0.15) is 0 Å². The summed E-state index contributed by atoms with van der Waals surface area (Å²) >= 11 is 0. The summed E-state index contributed by atoms with van der Waals surface area (Å²) in [4.78, 5) is 22.8. The van der Waals surface area contributed by atoms with Crippen molar-refractivity contribution in [2.45, 2.75) is 13.3 Å². The lowest BCUT2D eigenvalue weighted by molar-refractivity contribution is 0.0963. The van der Waals surface area contributed by atoms with Crippen LogP contribution in [-0.2, 0) is 0 Å². The zero-order valence-electron chi connectivity index (χ0n) is 10.0. The van der Waals surface area contributed by atoms with Gasteiger partial charge < -0.3 is 16.0 Å². The first-order valence-electron chi connectivity index (χ1n) is 5.54. The maximum atomic E-state index is 11.4. The number of carbonyl (C=O) groups excluding carboxylic acids is 2. The van der Waals surface area contributed by atoms with E-state index in [2.05, 4.69) is 16.0 Å². The quantitative estimate of drug-likeness (QED) is 0.741. The summed E-state index contributed by atoms with van der Waals surface area (Å²) in [5.41, 5.74) is 1.11. The molecule has 3 amide bonds. The van der Waals surface area contributed by atoms with Gasteiger partial charge in [0, 0.05) is 24.8 Å². The Morgan fingerprint density at radius 3 is 2.71 bits per heavy atom. The van der Waals surface area contributed by atoms with Crippen LogP contribution in [-0.4, -0.2) is 25.5 Å². The first kappa shape index (κ1) is 13.0. The molecule has 17 heavy (non-hydrogen) atoms. The maximum absolute atomic E-state index is 11.4. The molecule has 0 bridgehead atoms. The van der Waals surface area contributed by atoms with Gasteiger partial charge in [-0.25, -0.2) is 4.79 Å². The largest absolute Gasteiger partial charge is 0.355 e. The molecule has 0 aliphatic heterocycles. The summed E-state index contributed by atoms with van der Waals surface area (Å²) in [7, 11) is 1.57. The Kier molecular flexibility index (Phi) is 5.00. The lowest BCUT2D eigenvalue weighted by Gasteiger charge is -2.07. The summed E-state index contributed by atoms with van der Waals surface area (Å²) in [5, 5.41) is 7.89.